The number of piperidine rings is 1. The molecule has 2 aromatic rings. The number of nitrogens with one attached hydrogen (secondary N) is 1. The molecule has 1 N–H and O–H groups in total. The van der Waals surface area contributed by atoms with Gasteiger partial charge in [0.15, 0.2) is 0 Å². The number of hydrogen-bond donors (Lipinski definition) is 1. The summed E-state index contributed by atoms with van der Waals surface area (Å²) in [6.45, 7) is 4.40. The number of fused-ring (bicyclic) bond motifs is 1. The van der Waals surface area contributed by atoms with Gasteiger partial charge in [0, 0.05) is 5.92 Å². The SMILES string of the molecule is Cc1ccc2sc(C3CCNCC3)nc2c1. The van der Waals surface area contributed by atoms with Gasteiger partial charge in [0.1, 0.15) is 0 Å². The molecule has 1 aliphatic rings. The molecule has 84 valence electrons. The Labute approximate surface area is 99.7 Å². The van der Waals surface area contributed by atoms with Gasteiger partial charge in [0.25, 0.3) is 0 Å². The van der Waals surface area contributed by atoms with Crippen molar-refractivity contribution in [2.75, 3.05) is 13.1 Å². The van der Waals surface area contributed by atoms with Gasteiger partial charge in [0.05, 0.1) is 15.2 Å². The van der Waals surface area contributed by atoms with Crippen LogP contribution in [0.25, 0.3) is 10.2 Å². The number of rotatable bonds is 1. The molecule has 16 heavy (non-hydrogen) atoms. The van der Waals surface area contributed by atoms with E-state index in [9.17, 15) is 0 Å². The van der Waals surface area contributed by atoms with Crippen LogP contribution in [0.1, 0.15) is 29.3 Å². The highest BCUT2D eigenvalue weighted by molar-refractivity contribution is 7.18. The number of benzene rings is 1. The lowest BCUT2D eigenvalue weighted by molar-refractivity contribution is 0.459. The molecule has 1 aliphatic heterocycles. The van der Waals surface area contributed by atoms with Gasteiger partial charge in [-0.15, -0.1) is 11.3 Å². The topological polar surface area (TPSA) is 24.9 Å². The molecule has 0 saturated carbocycles. The zero-order valence-electron chi connectivity index (χ0n) is 9.49. The first-order chi connectivity index (χ1) is 7.83. The van der Waals surface area contributed by atoms with E-state index in [1.807, 2.05) is 11.3 Å². The van der Waals surface area contributed by atoms with Gasteiger partial charge >= 0.3 is 0 Å². The van der Waals surface area contributed by atoms with Crippen molar-refractivity contribution < 1.29 is 0 Å². The van der Waals surface area contributed by atoms with E-state index in [0.29, 0.717) is 5.92 Å². The first kappa shape index (κ1) is 10.2. The molecule has 0 unspecified atom stereocenters. The zero-order chi connectivity index (χ0) is 11.0. The molecule has 0 aliphatic carbocycles. The molecular formula is C13H16N2S. The van der Waals surface area contributed by atoms with E-state index in [2.05, 4.69) is 30.4 Å². The van der Waals surface area contributed by atoms with Crippen molar-refractivity contribution in [3.8, 4) is 0 Å². The van der Waals surface area contributed by atoms with E-state index in [4.69, 9.17) is 4.98 Å². The molecule has 0 bridgehead atoms. The van der Waals surface area contributed by atoms with E-state index < -0.39 is 0 Å². The average Bonchev–Trinajstić information content (AvgIpc) is 2.73. The van der Waals surface area contributed by atoms with Crippen molar-refractivity contribution in [2.24, 2.45) is 0 Å². The first-order valence-corrected chi connectivity index (χ1v) is 6.72. The van der Waals surface area contributed by atoms with Gasteiger partial charge in [0.2, 0.25) is 0 Å². The number of thiazole rings is 1. The maximum atomic E-state index is 4.79. The predicted molar refractivity (Wildman–Crippen MR) is 69.2 cm³/mol. The third-order valence-corrected chi connectivity index (χ3v) is 4.45. The van der Waals surface area contributed by atoms with Crippen molar-refractivity contribution in [1.82, 2.24) is 10.3 Å². The second-order valence-corrected chi connectivity index (χ2v) is 5.61. The molecule has 1 aromatic carbocycles. The molecule has 1 aromatic heterocycles. The van der Waals surface area contributed by atoms with Crippen LogP contribution >= 0.6 is 11.3 Å². The summed E-state index contributed by atoms with van der Waals surface area (Å²) in [5, 5.41) is 4.74. The second kappa shape index (κ2) is 4.15. The third-order valence-electron chi connectivity index (χ3n) is 3.25. The number of nitrogens with zero attached hydrogens (tertiary/aromatic N) is 1. The summed E-state index contributed by atoms with van der Waals surface area (Å²) in [6, 6.07) is 6.57. The molecule has 1 fully saturated rings. The van der Waals surface area contributed by atoms with E-state index in [1.165, 1.54) is 33.6 Å². The maximum Gasteiger partial charge on any atom is 0.0970 e. The summed E-state index contributed by atoms with van der Waals surface area (Å²) in [6.07, 6.45) is 2.47. The van der Waals surface area contributed by atoms with Crippen LogP contribution in [0, 0.1) is 6.92 Å². The van der Waals surface area contributed by atoms with E-state index in [-0.39, 0.29) is 0 Å². The Morgan fingerprint density at radius 2 is 2.12 bits per heavy atom. The van der Waals surface area contributed by atoms with Crippen LogP contribution in [0.2, 0.25) is 0 Å². The monoisotopic (exact) mass is 232 g/mol. The third kappa shape index (κ3) is 1.85. The van der Waals surface area contributed by atoms with Gasteiger partial charge in [-0.3, -0.25) is 0 Å². The van der Waals surface area contributed by atoms with Gasteiger partial charge in [-0.05, 0) is 50.6 Å². The standard InChI is InChI=1S/C13H16N2S/c1-9-2-3-12-11(8-9)15-13(16-12)10-4-6-14-7-5-10/h2-3,8,10,14H,4-7H2,1H3. The summed E-state index contributed by atoms with van der Waals surface area (Å²) in [7, 11) is 0. The largest absolute Gasteiger partial charge is 0.317 e. The lowest BCUT2D eigenvalue weighted by Crippen LogP contribution is -2.26. The normalized spacial score (nSPS) is 18.1. The van der Waals surface area contributed by atoms with Crippen LogP contribution in [0.4, 0.5) is 0 Å². The van der Waals surface area contributed by atoms with Crippen molar-refractivity contribution in [3.05, 3.63) is 28.8 Å². The lowest BCUT2D eigenvalue weighted by Gasteiger charge is -2.20. The number of aryl methyl sites for hydroxylation is 1. The van der Waals surface area contributed by atoms with E-state index >= 15 is 0 Å². The Hall–Kier alpha value is -0.930. The molecule has 2 nitrogen and oxygen atoms in total. The van der Waals surface area contributed by atoms with Crippen LogP contribution in [0.3, 0.4) is 0 Å². The fraction of sp³-hybridized carbons (Fsp3) is 0.462. The Morgan fingerprint density at radius 3 is 2.94 bits per heavy atom. The molecule has 0 atom stereocenters. The average molecular weight is 232 g/mol. The van der Waals surface area contributed by atoms with Gasteiger partial charge < -0.3 is 5.32 Å². The predicted octanol–water partition coefficient (Wildman–Crippen LogP) is 3.07. The Kier molecular flexibility index (Phi) is 2.65. The smallest absolute Gasteiger partial charge is 0.0970 e. The number of aromatic nitrogens is 1. The molecule has 1 saturated heterocycles. The van der Waals surface area contributed by atoms with Crippen LogP contribution in [0.15, 0.2) is 18.2 Å². The molecule has 2 heterocycles. The minimum Gasteiger partial charge on any atom is -0.317 e. The van der Waals surface area contributed by atoms with Crippen LogP contribution < -0.4 is 5.32 Å². The molecular weight excluding hydrogens is 216 g/mol. The molecule has 0 radical (unpaired) electrons. The molecule has 0 amide bonds. The van der Waals surface area contributed by atoms with Gasteiger partial charge in [-0.25, -0.2) is 4.98 Å². The first-order valence-electron chi connectivity index (χ1n) is 5.91. The van der Waals surface area contributed by atoms with Gasteiger partial charge in [-0.1, -0.05) is 6.07 Å². The van der Waals surface area contributed by atoms with Crippen LogP contribution in [-0.4, -0.2) is 18.1 Å². The molecule has 3 rings (SSSR count). The highest BCUT2D eigenvalue weighted by Gasteiger charge is 2.18. The fourth-order valence-corrected chi connectivity index (χ4v) is 3.42. The Bertz CT molecular complexity index is 498. The van der Waals surface area contributed by atoms with Crippen molar-refractivity contribution >= 4 is 21.6 Å². The zero-order valence-corrected chi connectivity index (χ0v) is 10.3. The highest BCUT2D eigenvalue weighted by Crippen LogP contribution is 2.32. The van der Waals surface area contributed by atoms with E-state index in [1.54, 1.807) is 0 Å². The van der Waals surface area contributed by atoms with E-state index in [0.717, 1.165) is 13.1 Å². The van der Waals surface area contributed by atoms with Crippen molar-refractivity contribution in [1.29, 1.82) is 0 Å². The Balaban J connectivity index is 1.97. The Morgan fingerprint density at radius 1 is 1.31 bits per heavy atom. The van der Waals surface area contributed by atoms with Gasteiger partial charge in [-0.2, -0.15) is 0 Å². The summed E-state index contributed by atoms with van der Waals surface area (Å²) in [4.78, 5) is 4.79. The summed E-state index contributed by atoms with van der Waals surface area (Å²) >= 11 is 1.87. The van der Waals surface area contributed by atoms with Crippen LogP contribution in [0.5, 0.6) is 0 Å². The minimum atomic E-state index is 0.680. The minimum absolute atomic E-state index is 0.680. The highest BCUT2D eigenvalue weighted by atomic mass is 32.1. The summed E-state index contributed by atoms with van der Waals surface area (Å²) < 4.78 is 1.33. The number of hydrogen-bond acceptors (Lipinski definition) is 3. The quantitative estimate of drug-likeness (QED) is 0.817. The van der Waals surface area contributed by atoms with Crippen molar-refractivity contribution in [3.63, 3.8) is 0 Å². The fourth-order valence-electron chi connectivity index (χ4n) is 2.30. The van der Waals surface area contributed by atoms with Crippen molar-refractivity contribution in [2.45, 2.75) is 25.7 Å². The lowest BCUT2D eigenvalue weighted by atomic mass is 9.99. The molecule has 3 heteroatoms. The summed E-state index contributed by atoms with van der Waals surface area (Å²) in [5.74, 6) is 0.680. The second-order valence-electron chi connectivity index (χ2n) is 4.55. The van der Waals surface area contributed by atoms with Crippen LogP contribution in [-0.2, 0) is 0 Å². The summed E-state index contributed by atoms with van der Waals surface area (Å²) in [5.41, 5.74) is 2.48. The maximum absolute atomic E-state index is 4.79. The molecule has 0 spiro atoms.